The van der Waals surface area contributed by atoms with Gasteiger partial charge in [0.25, 0.3) is 0 Å². The van der Waals surface area contributed by atoms with E-state index in [9.17, 15) is 0 Å². The van der Waals surface area contributed by atoms with Gasteiger partial charge in [0, 0.05) is 0 Å². The summed E-state index contributed by atoms with van der Waals surface area (Å²) in [6.45, 7) is 16.2. The molecule has 4 aromatic carbocycles. The zero-order valence-electron chi connectivity index (χ0n) is 28.3. The number of rotatable bonds is 9. The van der Waals surface area contributed by atoms with Crippen LogP contribution in [0.4, 0.5) is 0 Å². The summed E-state index contributed by atoms with van der Waals surface area (Å²) >= 11 is 0. The molecule has 0 spiro atoms. The Labute approximate surface area is 282 Å². The molecule has 1 unspecified atom stereocenters. The smallest absolute Gasteiger partial charge is 0.0707 e. The van der Waals surface area contributed by atoms with E-state index in [0.717, 1.165) is 18.4 Å². The molecule has 0 bridgehead atoms. The third-order valence-corrected chi connectivity index (χ3v) is 8.98. The van der Waals surface area contributed by atoms with Crippen LogP contribution in [0.25, 0.3) is 39.0 Å². The first-order chi connectivity index (χ1) is 23.2. The number of hydrogen-bond acceptors (Lipinski definition) is 0. The Morgan fingerprint density at radius 2 is 1.43 bits per heavy atom. The molecule has 0 N–H and O–H groups in total. The van der Waals surface area contributed by atoms with Crippen LogP contribution in [0, 0.1) is 0 Å². The molecule has 0 fully saturated rings. The lowest BCUT2D eigenvalue weighted by molar-refractivity contribution is 0.748. The quantitative estimate of drug-likeness (QED) is 0.165. The molecule has 47 heavy (non-hydrogen) atoms. The highest BCUT2D eigenvalue weighted by molar-refractivity contribution is 5.97. The minimum Gasteiger partial charge on any atom is -0.0991 e. The lowest BCUT2D eigenvalue weighted by atomic mass is 9.65. The Morgan fingerprint density at radius 1 is 0.702 bits per heavy atom. The van der Waals surface area contributed by atoms with E-state index in [1.807, 2.05) is 26.0 Å². The molecule has 234 valence electrons. The van der Waals surface area contributed by atoms with Crippen LogP contribution in [0.3, 0.4) is 0 Å². The highest BCUT2D eigenvalue weighted by atomic mass is 14.5. The number of fused-ring (bicyclic) bond motifs is 3. The molecule has 0 radical (unpaired) electrons. The van der Waals surface area contributed by atoms with E-state index in [0.29, 0.717) is 0 Å². The zero-order valence-corrected chi connectivity index (χ0v) is 28.3. The Hall–Kier alpha value is -5.20. The van der Waals surface area contributed by atoms with Crippen molar-refractivity contribution < 1.29 is 0 Å². The normalized spacial score (nSPS) is 17.1. The molecule has 0 aromatic heterocycles. The van der Waals surface area contributed by atoms with Crippen LogP contribution >= 0.6 is 0 Å². The van der Waals surface area contributed by atoms with Crippen molar-refractivity contribution in [2.75, 3.05) is 0 Å². The van der Waals surface area contributed by atoms with E-state index in [1.54, 1.807) is 0 Å². The van der Waals surface area contributed by atoms with Gasteiger partial charge in [0.1, 0.15) is 0 Å². The van der Waals surface area contributed by atoms with Gasteiger partial charge in [0.05, 0.1) is 5.41 Å². The van der Waals surface area contributed by atoms with Crippen molar-refractivity contribution in [2.45, 2.75) is 46.0 Å². The second-order valence-electron chi connectivity index (χ2n) is 11.5. The van der Waals surface area contributed by atoms with E-state index in [4.69, 9.17) is 0 Å². The van der Waals surface area contributed by atoms with Crippen molar-refractivity contribution in [3.05, 3.63) is 199 Å². The molecule has 0 heteroatoms. The minimum absolute atomic E-state index is 0.425. The molecule has 0 saturated heterocycles. The molecule has 4 aromatic rings. The summed E-state index contributed by atoms with van der Waals surface area (Å²) in [5.74, 6) is 0. The van der Waals surface area contributed by atoms with Gasteiger partial charge in [-0.1, -0.05) is 167 Å². The summed E-state index contributed by atoms with van der Waals surface area (Å²) in [4.78, 5) is 0. The SMILES string of the molecule is C=C/C=C\C(=C/C)C1(C2=CCCC=C2)c2ccccc2-c2c(-c3cc(C(/C=C\C)=C/C=C)cc(-c4ccccc4)c3)cccc21.CC. The first-order valence-corrected chi connectivity index (χ1v) is 16.9. The van der Waals surface area contributed by atoms with Crippen LogP contribution in [-0.2, 0) is 5.41 Å². The van der Waals surface area contributed by atoms with Crippen LogP contribution in [0.2, 0.25) is 0 Å². The molecule has 0 saturated carbocycles. The molecule has 2 aliphatic rings. The van der Waals surface area contributed by atoms with Gasteiger partial charge >= 0.3 is 0 Å². The van der Waals surface area contributed by atoms with Crippen molar-refractivity contribution in [1.29, 1.82) is 0 Å². The lowest BCUT2D eigenvalue weighted by Gasteiger charge is -2.36. The first kappa shape index (κ1) is 33.2. The summed E-state index contributed by atoms with van der Waals surface area (Å²) in [6, 6.07) is 33.6. The Bertz CT molecular complexity index is 1930. The molecule has 0 amide bonds. The fraction of sp³-hybridized carbons (Fsp3) is 0.149. The Balaban J connectivity index is 0.00000213. The van der Waals surface area contributed by atoms with Gasteiger partial charge in [-0.15, -0.1) is 0 Å². The topological polar surface area (TPSA) is 0 Å². The number of benzene rings is 4. The monoisotopic (exact) mass is 610 g/mol. The largest absolute Gasteiger partial charge is 0.0991 e. The molecule has 0 aliphatic heterocycles. The highest BCUT2D eigenvalue weighted by Gasteiger charge is 2.47. The van der Waals surface area contributed by atoms with Gasteiger partial charge in [0.15, 0.2) is 0 Å². The second-order valence-corrected chi connectivity index (χ2v) is 11.5. The summed E-state index contributed by atoms with van der Waals surface area (Å²) in [7, 11) is 0. The maximum absolute atomic E-state index is 4.01. The average molecular weight is 611 g/mol. The van der Waals surface area contributed by atoms with Crippen molar-refractivity contribution in [3.63, 3.8) is 0 Å². The van der Waals surface area contributed by atoms with E-state index in [2.05, 4.69) is 173 Å². The standard InChI is InChI=1S/C45H40.C2H6/c1-5-9-23-38(8-4)45(39-24-14-11-15-25-39)42-28-17-16-26-41(42)44-40(27-18-29-43(44)45)37-31-35(33(19-6-2)20-7-3)30-36(32-37)34-21-12-10-13-22-34;1-2/h5-10,12-14,16-32H,1-2,11,15H2,3-4H3;1-2H3/b20-7-,23-9-,33-19+,38-8+;. The maximum Gasteiger partial charge on any atom is 0.0707 e. The summed E-state index contributed by atoms with van der Waals surface area (Å²) < 4.78 is 0. The minimum atomic E-state index is -0.425. The van der Waals surface area contributed by atoms with Crippen molar-refractivity contribution in [3.8, 4) is 33.4 Å². The Kier molecular flexibility index (Phi) is 10.9. The summed E-state index contributed by atoms with van der Waals surface area (Å²) in [6.07, 6.45) is 25.9. The van der Waals surface area contributed by atoms with Gasteiger partial charge in [0.2, 0.25) is 0 Å². The van der Waals surface area contributed by atoms with Crippen LogP contribution in [0.1, 0.15) is 57.2 Å². The zero-order chi connectivity index (χ0) is 33.2. The van der Waals surface area contributed by atoms with Gasteiger partial charge in [-0.2, -0.15) is 0 Å². The van der Waals surface area contributed by atoms with E-state index >= 15 is 0 Å². The summed E-state index contributed by atoms with van der Waals surface area (Å²) in [5.41, 5.74) is 14.5. The highest BCUT2D eigenvalue weighted by Crippen LogP contribution is 2.59. The van der Waals surface area contributed by atoms with Gasteiger partial charge < -0.3 is 0 Å². The lowest BCUT2D eigenvalue weighted by Crippen LogP contribution is -2.30. The fourth-order valence-corrected chi connectivity index (χ4v) is 7.16. The average Bonchev–Trinajstić information content (AvgIpc) is 3.44. The molecule has 2 aliphatic carbocycles. The van der Waals surface area contributed by atoms with Gasteiger partial charge in [-0.05, 0) is 112 Å². The van der Waals surface area contributed by atoms with Crippen molar-refractivity contribution in [1.82, 2.24) is 0 Å². The first-order valence-electron chi connectivity index (χ1n) is 16.9. The van der Waals surface area contributed by atoms with Crippen LogP contribution in [-0.4, -0.2) is 0 Å². The van der Waals surface area contributed by atoms with Gasteiger partial charge in [-0.3, -0.25) is 0 Å². The third kappa shape index (κ3) is 6.17. The molecule has 0 nitrogen and oxygen atoms in total. The van der Waals surface area contributed by atoms with E-state index in [-0.39, 0.29) is 0 Å². The van der Waals surface area contributed by atoms with Crippen LogP contribution in [0.15, 0.2) is 182 Å². The summed E-state index contributed by atoms with van der Waals surface area (Å²) in [5, 5.41) is 0. The number of allylic oxidation sites excluding steroid dienone is 14. The van der Waals surface area contributed by atoms with Crippen molar-refractivity contribution >= 4 is 5.57 Å². The van der Waals surface area contributed by atoms with Crippen molar-refractivity contribution in [2.24, 2.45) is 0 Å². The maximum atomic E-state index is 4.01. The molecular formula is C47H46. The van der Waals surface area contributed by atoms with E-state index in [1.165, 1.54) is 61.2 Å². The molecule has 1 atom stereocenters. The van der Waals surface area contributed by atoms with E-state index < -0.39 is 5.41 Å². The second kappa shape index (κ2) is 15.4. The third-order valence-electron chi connectivity index (χ3n) is 8.98. The van der Waals surface area contributed by atoms with Gasteiger partial charge in [-0.25, -0.2) is 0 Å². The van der Waals surface area contributed by atoms with Crippen LogP contribution < -0.4 is 0 Å². The predicted molar refractivity (Wildman–Crippen MR) is 207 cm³/mol. The fourth-order valence-electron chi connectivity index (χ4n) is 7.16. The Morgan fingerprint density at radius 3 is 2.13 bits per heavy atom. The molecule has 6 rings (SSSR count). The van der Waals surface area contributed by atoms with Crippen LogP contribution in [0.5, 0.6) is 0 Å². The molecular weight excluding hydrogens is 565 g/mol. The number of hydrogen-bond donors (Lipinski definition) is 0. The molecule has 0 heterocycles. The predicted octanol–water partition coefficient (Wildman–Crippen LogP) is 13.4.